The van der Waals surface area contributed by atoms with Gasteiger partial charge in [0.1, 0.15) is 4.60 Å². The largest absolute Gasteiger partial charge is 0.330 e. The van der Waals surface area contributed by atoms with Gasteiger partial charge in [0.25, 0.3) is 0 Å². The molecule has 4 heteroatoms. The molecule has 0 unspecified atom stereocenters. The van der Waals surface area contributed by atoms with Crippen LogP contribution in [0.5, 0.6) is 0 Å². The van der Waals surface area contributed by atoms with E-state index in [4.69, 9.17) is 5.73 Å². The zero-order valence-electron chi connectivity index (χ0n) is 5.84. The Labute approximate surface area is 68.3 Å². The van der Waals surface area contributed by atoms with Crippen LogP contribution in [0.1, 0.15) is 5.69 Å². The van der Waals surface area contributed by atoms with Crippen molar-refractivity contribution in [1.82, 2.24) is 9.78 Å². The summed E-state index contributed by atoms with van der Waals surface area (Å²) in [5.74, 6) is 0. The fraction of sp³-hybridized carbons (Fsp3) is 0.500. The van der Waals surface area contributed by atoms with Crippen LogP contribution in [0.25, 0.3) is 0 Å². The third-order valence-corrected chi connectivity index (χ3v) is 1.73. The van der Waals surface area contributed by atoms with Crippen LogP contribution < -0.4 is 5.73 Å². The molecule has 0 saturated carbocycles. The second-order valence-electron chi connectivity index (χ2n) is 2.12. The van der Waals surface area contributed by atoms with Crippen molar-refractivity contribution in [2.24, 2.45) is 12.8 Å². The third kappa shape index (κ3) is 1.58. The fourth-order valence-corrected chi connectivity index (χ4v) is 1.35. The minimum atomic E-state index is 0.673. The van der Waals surface area contributed by atoms with Crippen LogP contribution >= 0.6 is 15.9 Å². The number of halogens is 1. The van der Waals surface area contributed by atoms with Crippen LogP contribution in [-0.4, -0.2) is 16.3 Å². The molecule has 0 saturated heterocycles. The molecule has 0 radical (unpaired) electrons. The van der Waals surface area contributed by atoms with Gasteiger partial charge in [0, 0.05) is 19.2 Å². The van der Waals surface area contributed by atoms with Crippen LogP contribution in [0.15, 0.2) is 10.7 Å². The first kappa shape index (κ1) is 7.75. The number of hydrogen-bond donors (Lipinski definition) is 1. The van der Waals surface area contributed by atoms with Gasteiger partial charge in [0.15, 0.2) is 0 Å². The summed E-state index contributed by atoms with van der Waals surface area (Å²) in [6.45, 7) is 0.673. The van der Waals surface area contributed by atoms with E-state index >= 15 is 0 Å². The summed E-state index contributed by atoms with van der Waals surface area (Å²) < 4.78 is 2.70. The van der Waals surface area contributed by atoms with Crippen molar-refractivity contribution in [1.29, 1.82) is 0 Å². The molecule has 0 aliphatic heterocycles. The minimum Gasteiger partial charge on any atom is -0.330 e. The Morgan fingerprint density at radius 2 is 2.50 bits per heavy atom. The van der Waals surface area contributed by atoms with Crippen LogP contribution in [0.4, 0.5) is 0 Å². The lowest BCUT2D eigenvalue weighted by atomic mass is 10.3. The maximum absolute atomic E-state index is 5.38. The normalized spacial score (nSPS) is 10.3. The Balaban J connectivity index is 2.81. The van der Waals surface area contributed by atoms with Crippen molar-refractivity contribution in [3.8, 4) is 0 Å². The van der Waals surface area contributed by atoms with E-state index < -0.39 is 0 Å². The lowest BCUT2D eigenvalue weighted by Crippen LogP contribution is -2.06. The standard InChI is InChI=1S/C6H10BrN3/c1-10-5(2-3-8)4-6(7)9-10/h4H,2-3,8H2,1H3. The zero-order chi connectivity index (χ0) is 7.56. The van der Waals surface area contributed by atoms with Gasteiger partial charge in [-0.25, -0.2) is 0 Å². The molecule has 0 spiro atoms. The molecule has 0 aromatic carbocycles. The summed E-state index contributed by atoms with van der Waals surface area (Å²) in [5, 5.41) is 4.11. The lowest BCUT2D eigenvalue weighted by Gasteiger charge is -1.95. The van der Waals surface area contributed by atoms with E-state index in [0.717, 1.165) is 16.7 Å². The molecule has 1 heterocycles. The molecule has 1 aromatic rings. The van der Waals surface area contributed by atoms with Crippen molar-refractivity contribution in [2.45, 2.75) is 6.42 Å². The van der Waals surface area contributed by atoms with E-state index in [2.05, 4.69) is 21.0 Å². The van der Waals surface area contributed by atoms with Gasteiger partial charge in [-0.05, 0) is 28.5 Å². The van der Waals surface area contributed by atoms with E-state index in [0.29, 0.717) is 6.54 Å². The molecule has 10 heavy (non-hydrogen) atoms. The number of hydrogen-bond acceptors (Lipinski definition) is 2. The van der Waals surface area contributed by atoms with Crippen LogP contribution in [0, 0.1) is 0 Å². The summed E-state index contributed by atoms with van der Waals surface area (Å²) in [4.78, 5) is 0. The van der Waals surface area contributed by atoms with Gasteiger partial charge in [0.2, 0.25) is 0 Å². The number of aryl methyl sites for hydroxylation is 1. The van der Waals surface area contributed by atoms with Gasteiger partial charge in [-0.1, -0.05) is 0 Å². The highest BCUT2D eigenvalue weighted by molar-refractivity contribution is 9.10. The number of aromatic nitrogens is 2. The average Bonchev–Trinajstić information content (AvgIpc) is 2.13. The van der Waals surface area contributed by atoms with Crippen LogP contribution in [-0.2, 0) is 13.5 Å². The lowest BCUT2D eigenvalue weighted by molar-refractivity contribution is 0.702. The molecule has 56 valence electrons. The van der Waals surface area contributed by atoms with Gasteiger partial charge in [-0.3, -0.25) is 4.68 Å². The van der Waals surface area contributed by atoms with Gasteiger partial charge >= 0.3 is 0 Å². The smallest absolute Gasteiger partial charge is 0.128 e. The van der Waals surface area contributed by atoms with Gasteiger partial charge in [-0.15, -0.1) is 0 Å². The predicted octanol–water partition coefficient (Wildman–Crippen LogP) is 0.684. The molecule has 0 aliphatic carbocycles. The molecule has 3 nitrogen and oxygen atoms in total. The minimum absolute atomic E-state index is 0.673. The summed E-state index contributed by atoms with van der Waals surface area (Å²) in [5.41, 5.74) is 6.54. The molecular weight excluding hydrogens is 194 g/mol. The summed E-state index contributed by atoms with van der Waals surface area (Å²) in [6.07, 6.45) is 0.884. The molecular formula is C6H10BrN3. The van der Waals surface area contributed by atoms with E-state index in [9.17, 15) is 0 Å². The third-order valence-electron chi connectivity index (χ3n) is 1.35. The summed E-state index contributed by atoms with van der Waals surface area (Å²) in [7, 11) is 1.91. The topological polar surface area (TPSA) is 43.8 Å². The van der Waals surface area contributed by atoms with Crippen LogP contribution in [0.3, 0.4) is 0 Å². The molecule has 0 atom stereocenters. The second kappa shape index (κ2) is 3.16. The van der Waals surface area contributed by atoms with Crippen molar-refractivity contribution >= 4 is 15.9 Å². The number of nitrogens with zero attached hydrogens (tertiary/aromatic N) is 2. The van der Waals surface area contributed by atoms with Gasteiger partial charge < -0.3 is 5.73 Å². The van der Waals surface area contributed by atoms with Crippen molar-refractivity contribution in [3.05, 3.63) is 16.4 Å². The highest BCUT2D eigenvalue weighted by Gasteiger charge is 1.99. The van der Waals surface area contributed by atoms with E-state index in [1.165, 1.54) is 0 Å². The van der Waals surface area contributed by atoms with E-state index in [-0.39, 0.29) is 0 Å². The zero-order valence-corrected chi connectivity index (χ0v) is 7.43. The highest BCUT2D eigenvalue weighted by Crippen LogP contribution is 2.08. The van der Waals surface area contributed by atoms with Crippen molar-refractivity contribution < 1.29 is 0 Å². The fourth-order valence-electron chi connectivity index (χ4n) is 0.849. The molecule has 1 rings (SSSR count). The first-order valence-electron chi connectivity index (χ1n) is 3.12. The van der Waals surface area contributed by atoms with Crippen molar-refractivity contribution in [2.75, 3.05) is 6.54 Å². The summed E-state index contributed by atoms with van der Waals surface area (Å²) >= 11 is 3.28. The van der Waals surface area contributed by atoms with Crippen LogP contribution in [0.2, 0.25) is 0 Å². The molecule has 0 amide bonds. The average molecular weight is 204 g/mol. The Morgan fingerprint density at radius 1 is 1.80 bits per heavy atom. The highest BCUT2D eigenvalue weighted by atomic mass is 79.9. The van der Waals surface area contributed by atoms with E-state index in [1.54, 1.807) is 0 Å². The van der Waals surface area contributed by atoms with Gasteiger partial charge in [0.05, 0.1) is 0 Å². The molecule has 0 bridgehead atoms. The molecule has 2 N–H and O–H groups in total. The Kier molecular flexibility index (Phi) is 2.45. The monoisotopic (exact) mass is 203 g/mol. The Bertz CT molecular complexity index is 219. The van der Waals surface area contributed by atoms with Gasteiger partial charge in [-0.2, -0.15) is 5.10 Å². The maximum atomic E-state index is 5.38. The SMILES string of the molecule is Cn1nc(Br)cc1CCN. The Hall–Kier alpha value is -0.350. The first-order valence-corrected chi connectivity index (χ1v) is 3.92. The maximum Gasteiger partial charge on any atom is 0.128 e. The number of rotatable bonds is 2. The quantitative estimate of drug-likeness (QED) is 0.769. The number of nitrogens with two attached hydrogens (primary N) is 1. The van der Waals surface area contributed by atoms with E-state index in [1.807, 2.05) is 17.8 Å². The summed E-state index contributed by atoms with van der Waals surface area (Å²) in [6, 6.07) is 1.98. The second-order valence-corrected chi connectivity index (χ2v) is 2.93. The predicted molar refractivity (Wildman–Crippen MR) is 43.7 cm³/mol. The first-order chi connectivity index (χ1) is 4.74. The molecule has 0 fully saturated rings. The molecule has 0 aliphatic rings. The van der Waals surface area contributed by atoms with Crippen molar-refractivity contribution in [3.63, 3.8) is 0 Å². The molecule has 1 aromatic heterocycles. The Morgan fingerprint density at radius 3 is 2.90 bits per heavy atom.